The van der Waals surface area contributed by atoms with Gasteiger partial charge in [0, 0.05) is 39.4 Å². The summed E-state index contributed by atoms with van der Waals surface area (Å²) in [7, 11) is 5.92. The molecule has 1 aromatic carbocycles. The molecule has 1 aliphatic carbocycles. The predicted molar refractivity (Wildman–Crippen MR) is 102 cm³/mol. The van der Waals surface area contributed by atoms with Crippen molar-refractivity contribution >= 4 is 35.6 Å². The van der Waals surface area contributed by atoms with E-state index in [-0.39, 0.29) is 24.0 Å². The van der Waals surface area contributed by atoms with Crippen LogP contribution in [-0.4, -0.2) is 33.1 Å². The van der Waals surface area contributed by atoms with Crippen LogP contribution >= 0.6 is 24.0 Å². The molecule has 0 aromatic heterocycles. The molecule has 0 saturated heterocycles. The van der Waals surface area contributed by atoms with Gasteiger partial charge >= 0.3 is 0 Å². The fraction of sp³-hybridized carbons (Fsp3) is 0.438. The third-order valence-corrected chi connectivity index (χ3v) is 3.46. The summed E-state index contributed by atoms with van der Waals surface area (Å²) in [4.78, 5) is 6.39. The van der Waals surface area contributed by atoms with Crippen LogP contribution in [0.15, 0.2) is 41.4 Å². The van der Waals surface area contributed by atoms with Gasteiger partial charge in [-0.15, -0.1) is 24.0 Å². The lowest BCUT2D eigenvalue weighted by atomic mass is 10.2. The largest absolute Gasteiger partial charge is 0.378 e. The maximum absolute atomic E-state index is 4.28. The van der Waals surface area contributed by atoms with Gasteiger partial charge in [0.2, 0.25) is 0 Å². The monoisotopic (exact) mass is 400 g/mol. The highest BCUT2D eigenvalue weighted by atomic mass is 127. The topological polar surface area (TPSA) is 39.7 Å². The Morgan fingerprint density at radius 3 is 2.62 bits per heavy atom. The van der Waals surface area contributed by atoms with Crippen molar-refractivity contribution in [3.63, 3.8) is 0 Å². The van der Waals surface area contributed by atoms with Crippen LogP contribution in [0, 0.1) is 0 Å². The SMILES string of the molecule is CN=C(NCc1cccc(N(C)C)c1)NC1CC=CC1.I. The second kappa shape index (κ2) is 8.92. The van der Waals surface area contributed by atoms with E-state index in [2.05, 4.69) is 71.0 Å². The van der Waals surface area contributed by atoms with E-state index in [0.717, 1.165) is 25.3 Å². The minimum atomic E-state index is 0. The minimum Gasteiger partial charge on any atom is -0.378 e. The van der Waals surface area contributed by atoms with Crippen molar-refractivity contribution in [3.8, 4) is 0 Å². The molecule has 0 spiro atoms. The fourth-order valence-corrected chi connectivity index (χ4v) is 2.25. The van der Waals surface area contributed by atoms with Gasteiger partial charge in [-0.25, -0.2) is 0 Å². The van der Waals surface area contributed by atoms with Gasteiger partial charge in [-0.1, -0.05) is 24.3 Å². The number of hydrogen-bond donors (Lipinski definition) is 2. The van der Waals surface area contributed by atoms with Crippen molar-refractivity contribution < 1.29 is 0 Å². The van der Waals surface area contributed by atoms with E-state index < -0.39 is 0 Å². The molecular weight excluding hydrogens is 375 g/mol. The Morgan fingerprint density at radius 1 is 1.29 bits per heavy atom. The highest BCUT2D eigenvalue weighted by Crippen LogP contribution is 2.13. The quantitative estimate of drug-likeness (QED) is 0.354. The van der Waals surface area contributed by atoms with Gasteiger partial charge in [0.1, 0.15) is 0 Å². The van der Waals surface area contributed by atoms with E-state index in [9.17, 15) is 0 Å². The molecule has 0 bridgehead atoms. The Hall–Kier alpha value is -1.24. The van der Waals surface area contributed by atoms with Crippen molar-refractivity contribution in [1.82, 2.24) is 10.6 Å². The molecule has 21 heavy (non-hydrogen) atoms. The molecule has 4 nitrogen and oxygen atoms in total. The van der Waals surface area contributed by atoms with Crippen molar-refractivity contribution in [2.24, 2.45) is 4.99 Å². The molecule has 1 aliphatic rings. The Kier molecular flexibility index (Phi) is 7.56. The standard InChI is InChI=1S/C16H24N4.HI/c1-17-16(19-14-8-4-5-9-14)18-12-13-7-6-10-15(11-13)20(2)3;/h4-7,10-11,14H,8-9,12H2,1-3H3,(H2,17,18,19);1H. The molecule has 0 aliphatic heterocycles. The number of aliphatic imine (C=N–C) groups is 1. The second-order valence-electron chi connectivity index (χ2n) is 5.27. The molecular formula is C16H25IN4. The van der Waals surface area contributed by atoms with Gasteiger partial charge in [0.15, 0.2) is 5.96 Å². The summed E-state index contributed by atoms with van der Waals surface area (Å²) < 4.78 is 0. The van der Waals surface area contributed by atoms with E-state index in [0.29, 0.717) is 6.04 Å². The second-order valence-corrected chi connectivity index (χ2v) is 5.27. The zero-order chi connectivity index (χ0) is 14.4. The predicted octanol–water partition coefficient (Wildman–Crippen LogP) is 2.75. The first-order valence-electron chi connectivity index (χ1n) is 7.07. The number of rotatable bonds is 4. The summed E-state index contributed by atoms with van der Waals surface area (Å²) in [5, 5.41) is 6.81. The molecule has 0 unspecified atom stereocenters. The zero-order valence-corrected chi connectivity index (χ0v) is 15.3. The summed E-state index contributed by atoms with van der Waals surface area (Å²) in [6.45, 7) is 0.779. The molecule has 2 N–H and O–H groups in total. The maximum atomic E-state index is 4.28. The van der Waals surface area contributed by atoms with Gasteiger partial charge in [0.05, 0.1) is 0 Å². The summed E-state index contributed by atoms with van der Waals surface area (Å²) in [6, 6.07) is 9.00. The number of hydrogen-bond acceptors (Lipinski definition) is 2. The number of nitrogens with zero attached hydrogens (tertiary/aromatic N) is 2. The van der Waals surface area contributed by atoms with E-state index in [1.54, 1.807) is 0 Å². The molecule has 0 atom stereocenters. The van der Waals surface area contributed by atoms with Gasteiger partial charge in [-0.2, -0.15) is 0 Å². The van der Waals surface area contributed by atoms with Crippen molar-refractivity contribution in [3.05, 3.63) is 42.0 Å². The van der Waals surface area contributed by atoms with Crippen LogP contribution in [0.3, 0.4) is 0 Å². The Balaban J connectivity index is 0.00000220. The number of benzene rings is 1. The van der Waals surface area contributed by atoms with Crippen LogP contribution in [0.25, 0.3) is 0 Å². The van der Waals surface area contributed by atoms with Crippen molar-refractivity contribution in [2.75, 3.05) is 26.0 Å². The van der Waals surface area contributed by atoms with Crippen LogP contribution < -0.4 is 15.5 Å². The normalized spacial score (nSPS) is 14.7. The summed E-state index contributed by atoms with van der Waals surface area (Å²) in [6.07, 6.45) is 6.59. The Bertz CT molecular complexity index is 489. The number of anilines is 1. The Labute approximate surface area is 144 Å². The van der Waals surface area contributed by atoms with Gasteiger partial charge in [-0.3, -0.25) is 4.99 Å². The van der Waals surface area contributed by atoms with Crippen LogP contribution in [0.5, 0.6) is 0 Å². The zero-order valence-electron chi connectivity index (χ0n) is 13.0. The van der Waals surface area contributed by atoms with E-state index in [4.69, 9.17) is 0 Å². The van der Waals surface area contributed by atoms with E-state index in [1.807, 2.05) is 7.05 Å². The van der Waals surface area contributed by atoms with E-state index >= 15 is 0 Å². The van der Waals surface area contributed by atoms with Crippen LogP contribution in [0.4, 0.5) is 5.69 Å². The lowest BCUT2D eigenvalue weighted by Gasteiger charge is -2.18. The maximum Gasteiger partial charge on any atom is 0.191 e. The third kappa shape index (κ3) is 5.57. The molecule has 0 saturated carbocycles. The summed E-state index contributed by atoms with van der Waals surface area (Å²) >= 11 is 0. The lowest BCUT2D eigenvalue weighted by Crippen LogP contribution is -2.42. The smallest absolute Gasteiger partial charge is 0.191 e. The minimum absolute atomic E-state index is 0. The lowest BCUT2D eigenvalue weighted by molar-refractivity contribution is 0.633. The average molecular weight is 400 g/mol. The fourth-order valence-electron chi connectivity index (χ4n) is 2.25. The van der Waals surface area contributed by atoms with Crippen molar-refractivity contribution in [1.29, 1.82) is 0 Å². The number of nitrogens with one attached hydrogen (secondary N) is 2. The first-order chi connectivity index (χ1) is 9.69. The molecule has 1 aromatic rings. The van der Waals surface area contributed by atoms with Gasteiger partial charge in [0.25, 0.3) is 0 Å². The summed E-state index contributed by atoms with van der Waals surface area (Å²) in [5.41, 5.74) is 2.47. The summed E-state index contributed by atoms with van der Waals surface area (Å²) in [5.74, 6) is 0.869. The molecule has 5 heteroatoms. The molecule has 116 valence electrons. The van der Waals surface area contributed by atoms with E-state index in [1.165, 1.54) is 11.3 Å². The van der Waals surface area contributed by atoms with Crippen LogP contribution in [0.2, 0.25) is 0 Å². The first-order valence-corrected chi connectivity index (χ1v) is 7.07. The highest BCUT2D eigenvalue weighted by molar-refractivity contribution is 14.0. The molecule has 0 amide bonds. The van der Waals surface area contributed by atoms with Crippen molar-refractivity contribution in [2.45, 2.75) is 25.4 Å². The molecule has 2 rings (SSSR count). The number of guanidine groups is 1. The van der Waals surface area contributed by atoms with Gasteiger partial charge in [-0.05, 0) is 30.5 Å². The van der Waals surface area contributed by atoms with Gasteiger partial charge < -0.3 is 15.5 Å². The number of halogens is 1. The molecule has 0 fully saturated rings. The molecule has 0 radical (unpaired) electrons. The first kappa shape index (κ1) is 17.8. The Morgan fingerprint density at radius 2 is 2.00 bits per heavy atom. The average Bonchev–Trinajstić information content (AvgIpc) is 2.96. The van der Waals surface area contributed by atoms with Crippen LogP contribution in [0.1, 0.15) is 18.4 Å². The third-order valence-electron chi connectivity index (χ3n) is 3.46. The highest BCUT2D eigenvalue weighted by Gasteiger charge is 2.11. The molecule has 0 heterocycles. The van der Waals surface area contributed by atoms with Crippen LogP contribution in [-0.2, 0) is 6.54 Å².